The Balaban J connectivity index is 2.04. The predicted octanol–water partition coefficient (Wildman–Crippen LogP) is 2.99. The number of anilines is 2. The molecule has 0 saturated carbocycles. The van der Waals surface area contributed by atoms with Gasteiger partial charge in [0.25, 0.3) is 0 Å². The Morgan fingerprint density at radius 2 is 2.00 bits per heavy atom. The molecule has 1 aromatic carbocycles. The van der Waals surface area contributed by atoms with Gasteiger partial charge in [-0.3, -0.25) is 0 Å². The van der Waals surface area contributed by atoms with E-state index in [0.29, 0.717) is 10.2 Å². The van der Waals surface area contributed by atoms with Crippen molar-refractivity contribution < 1.29 is 4.42 Å². The van der Waals surface area contributed by atoms with Crippen molar-refractivity contribution in [1.29, 1.82) is 0 Å². The molecule has 0 fully saturated rings. The molecule has 0 aliphatic rings. The largest absolute Gasteiger partial charge is 0.388 e. The molecule has 3 aromatic rings. The first-order valence-corrected chi connectivity index (χ1v) is 5.91. The van der Waals surface area contributed by atoms with E-state index < -0.39 is 0 Å². The average Bonchev–Trinajstić information content (AvgIpc) is 2.79. The molecule has 0 radical (unpaired) electrons. The van der Waals surface area contributed by atoms with Crippen LogP contribution in [-0.4, -0.2) is 4.98 Å². The smallest absolute Gasteiger partial charge is 0.358 e. The lowest BCUT2D eigenvalue weighted by Crippen LogP contribution is -2.02. The molecule has 2 heterocycles. The maximum atomic E-state index is 11.6. The van der Waals surface area contributed by atoms with Gasteiger partial charge in [-0.15, -0.1) is 11.3 Å². The van der Waals surface area contributed by atoms with Gasteiger partial charge in [-0.25, -0.2) is 4.79 Å². The quantitative estimate of drug-likeness (QED) is 0.753. The minimum absolute atomic E-state index is 0.215. The number of hydrogen-bond donors (Lipinski definition) is 1. The summed E-state index contributed by atoms with van der Waals surface area (Å²) in [7, 11) is 0. The molecule has 5 heteroatoms. The standard InChI is InChI=1S/C12H8N2O2S/c15-11-10-9(6-7-17-10)14-12(16-11)13-8-4-2-1-3-5-8/h1-7H,(H,13,14). The Labute approximate surface area is 101 Å². The van der Waals surface area contributed by atoms with Gasteiger partial charge in [-0.05, 0) is 23.6 Å². The van der Waals surface area contributed by atoms with Crippen LogP contribution < -0.4 is 10.9 Å². The maximum absolute atomic E-state index is 11.6. The molecule has 0 amide bonds. The molecule has 1 N–H and O–H groups in total. The summed E-state index contributed by atoms with van der Waals surface area (Å²) in [6, 6.07) is 11.5. The fourth-order valence-corrected chi connectivity index (χ4v) is 2.21. The van der Waals surface area contributed by atoms with Gasteiger partial charge in [-0.2, -0.15) is 4.98 Å². The Morgan fingerprint density at radius 1 is 1.18 bits per heavy atom. The normalized spacial score (nSPS) is 10.6. The van der Waals surface area contributed by atoms with Crippen molar-refractivity contribution >= 4 is 33.3 Å². The summed E-state index contributed by atoms with van der Waals surface area (Å²) in [5.74, 6) is 0. The number of benzene rings is 1. The van der Waals surface area contributed by atoms with E-state index in [9.17, 15) is 4.79 Å². The van der Waals surface area contributed by atoms with Gasteiger partial charge < -0.3 is 9.73 Å². The summed E-state index contributed by atoms with van der Waals surface area (Å²) < 4.78 is 5.63. The fourth-order valence-electron chi connectivity index (χ4n) is 1.51. The number of nitrogens with one attached hydrogen (secondary N) is 1. The third-order valence-electron chi connectivity index (χ3n) is 2.27. The van der Waals surface area contributed by atoms with Crippen LogP contribution >= 0.6 is 11.3 Å². The molecular formula is C12H8N2O2S. The number of hydrogen-bond acceptors (Lipinski definition) is 5. The summed E-state index contributed by atoms with van der Waals surface area (Å²) in [5, 5.41) is 4.77. The van der Waals surface area contributed by atoms with Gasteiger partial charge >= 0.3 is 11.6 Å². The van der Waals surface area contributed by atoms with Crippen molar-refractivity contribution in [2.75, 3.05) is 5.32 Å². The zero-order valence-electron chi connectivity index (χ0n) is 8.71. The van der Waals surface area contributed by atoms with E-state index in [1.54, 1.807) is 6.07 Å². The van der Waals surface area contributed by atoms with Crippen LogP contribution in [0.15, 0.2) is 51.0 Å². The Bertz CT molecular complexity index is 703. The predicted molar refractivity (Wildman–Crippen MR) is 67.9 cm³/mol. The van der Waals surface area contributed by atoms with Crippen LogP contribution in [0.2, 0.25) is 0 Å². The first-order chi connectivity index (χ1) is 8.33. The molecule has 0 aliphatic carbocycles. The van der Waals surface area contributed by atoms with Gasteiger partial charge in [-0.1, -0.05) is 18.2 Å². The number of aromatic nitrogens is 1. The highest BCUT2D eigenvalue weighted by Gasteiger charge is 2.06. The lowest BCUT2D eigenvalue weighted by atomic mass is 10.3. The second-order valence-electron chi connectivity index (χ2n) is 3.43. The van der Waals surface area contributed by atoms with E-state index >= 15 is 0 Å². The minimum atomic E-state index is -0.358. The fraction of sp³-hybridized carbons (Fsp3) is 0. The van der Waals surface area contributed by atoms with Crippen LogP contribution in [0, 0.1) is 0 Å². The van der Waals surface area contributed by atoms with Crippen molar-refractivity contribution in [1.82, 2.24) is 4.98 Å². The third kappa shape index (κ3) is 1.92. The summed E-state index contributed by atoms with van der Waals surface area (Å²) in [6.07, 6.45) is 0. The van der Waals surface area contributed by atoms with Gasteiger partial charge in [0.1, 0.15) is 4.70 Å². The molecule has 0 unspecified atom stereocenters. The SMILES string of the molecule is O=c1oc(Nc2ccccc2)nc2ccsc12. The van der Waals surface area contributed by atoms with E-state index in [4.69, 9.17) is 4.42 Å². The summed E-state index contributed by atoms with van der Waals surface area (Å²) >= 11 is 1.33. The Hall–Kier alpha value is -2.14. The second kappa shape index (κ2) is 4.03. The lowest BCUT2D eigenvalue weighted by molar-refractivity contribution is 0.523. The average molecular weight is 244 g/mol. The van der Waals surface area contributed by atoms with Crippen LogP contribution in [0.3, 0.4) is 0 Å². The van der Waals surface area contributed by atoms with E-state index in [1.807, 2.05) is 35.7 Å². The Kier molecular flexibility index (Phi) is 2.38. The first kappa shape index (κ1) is 10.0. The summed E-state index contributed by atoms with van der Waals surface area (Å²) in [4.78, 5) is 15.8. The van der Waals surface area contributed by atoms with Gasteiger partial charge in [0.15, 0.2) is 0 Å². The molecule has 17 heavy (non-hydrogen) atoms. The topological polar surface area (TPSA) is 55.1 Å². The van der Waals surface area contributed by atoms with Crippen molar-refractivity contribution in [2.24, 2.45) is 0 Å². The molecule has 0 spiro atoms. The molecule has 0 aliphatic heterocycles. The lowest BCUT2D eigenvalue weighted by Gasteiger charge is -2.02. The number of thiophene rings is 1. The molecule has 84 valence electrons. The highest BCUT2D eigenvalue weighted by molar-refractivity contribution is 7.17. The monoisotopic (exact) mass is 244 g/mol. The van der Waals surface area contributed by atoms with Crippen LogP contribution in [0.25, 0.3) is 10.2 Å². The van der Waals surface area contributed by atoms with E-state index in [0.717, 1.165) is 5.69 Å². The molecular weight excluding hydrogens is 236 g/mol. The summed E-state index contributed by atoms with van der Waals surface area (Å²) in [6.45, 7) is 0. The molecule has 0 bridgehead atoms. The zero-order valence-corrected chi connectivity index (χ0v) is 9.53. The Morgan fingerprint density at radius 3 is 2.82 bits per heavy atom. The molecule has 2 aromatic heterocycles. The zero-order chi connectivity index (χ0) is 11.7. The van der Waals surface area contributed by atoms with E-state index in [-0.39, 0.29) is 11.6 Å². The number of para-hydroxylation sites is 1. The number of rotatable bonds is 2. The number of nitrogens with zero attached hydrogens (tertiary/aromatic N) is 1. The van der Waals surface area contributed by atoms with E-state index in [1.165, 1.54) is 11.3 Å². The highest BCUT2D eigenvalue weighted by Crippen LogP contribution is 2.18. The third-order valence-corrected chi connectivity index (χ3v) is 3.15. The minimum Gasteiger partial charge on any atom is -0.388 e. The van der Waals surface area contributed by atoms with Crippen molar-refractivity contribution in [2.45, 2.75) is 0 Å². The van der Waals surface area contributed by atoms with Crippen LogP contribution in [-0.2, 0) is 0 Å². The molecule has 0 saturated heterocycles. The van der Waals surface area contributed by atoms with Crippen molar-refractivity contribution in [3.8, 4) is 0 Å². The molecule has 0 atom stereocenters. The van der Waals surface area contributed by atoms with Gasteiger partial charge in [0, 0.05) is 5.69 Å². The molecule has 3 rings (SSSR count). The van der Waals surface area contributed by atoms with Crippen LogP contribution in [0.5, 0.6) is 0 Å². The van der Waals surface area contributed by atoms with Gasteiger partial charge in [0.2, 0.25) is 0 Å². The van der Waals surface area contributed by atoms with Crippen LogP contribution in [0.4, 0.5) is 11.7 Å². The van der Waals surface area contributed by atoms with Crippen molar-refractivity contribution in [3.05, 3.63) is 52.2 Å². The van der Waals surface area contributed by atoms with Crippen molar-refractivity contribution in [3.63, 3.8) is 0 Å². The molecule has 4 nitrogen and oxygen atoms in total. The first-order valence-electron chi connectivity index (χ1n) is 5.03. The maximum Gasteiger partial charge on any atom is 0.358 e. The highest BCUT2D eigenvalue weighted by atomic mass is 32.1. The van der Waals surface area contributed by atoms with E-state index in [2.05, 4.69) is 10.3 Å². The van der Waals surface area contributed by atoms with Gasteiger partial charge in [0.05, 0.1) is 5.52 Å². The van der Waals surface area contributed by atoms with Crippen LogP contribution in [0.1, 0.15) is 0 Å². The number of fused-ring (bicyclic) bond motifs is 1. The summed E-state index contributed by atoms with van der Waals surface area (Å²) in [5.41, 5.74) is 1.13. The second-order valence-corrected chi connectivity index (χ2v) is 4.35.